The summed E-state index contributed by atoms with van der Waals surface area (Å²) >= 11 is 0. The molecule has 0 heterocycles. The number of halogens is 2. The molecule has 0 spiro atoms. The highest BCUT2D eigenvalue weighted by molar-refractivity contribution is 7.81. The molecule has 2 atom stereocenters. The van der Waals surface area contributed by atoms with Crippen molar-refractivity contribution in [2.45, 2.75) is 19.3 Å². The van der Waals surface area contributed by atoms with Crippen molar-refractivity contribution in [2.75, 3.05) is 0 Å². The molecule has 2 rings (SSSR count). The van der Waals surface area contributed by atoms with Crippen LogP contribution in [0.3, 0.4) is 0 Å². The van der Waals surface area contributed by atoms with E-state index in [1.165, 1.54) is 19.3 Å². The van der Waals surface area contributed by atoms with Gasteiger partial charge in [0.15, 0.2) is 0 Å². The van der Waals surface area contributed by atoms with Crippen LogP contribution in [0, 0.1) is 11.8 Å². The van der Waals surface area contributed by atoms with Crippen LogP contribution in [-0.4, -0.2) is 8.42 Å². The Hall–Kier alpha value is -0.450. The molecule has 70 valence electrons. The van der Waals surface area contributed by atoms with E-state index in [4.69, 9.17) is 8.42 Å². The molecule has 0 amide bonds. The Morgan fingerprint density at radius 2 is 1.42 bits per heavy atom. The zero-order valence-electron chi connectivity index (χ0n) is 6.41. The molecule has 0 radical (unpaired) electrons. The lowest BCUT2D eigenvalue weighted by Gasteiger charge is -1.96. The van der Waals surface area contributed by atoms with E-state index >= 15 is 0 Å². The van der Waals surface area contributed by atoms with E-state index in [1.807, 2.05) is 0 Å². The van der Waals surface area contributed by atoms with Gasteiger partial charge in [-0.3, -0.25) is 0 Å². The molecule has 0 N–H and O–H groups in total. The van der Waals surface area contributed by atoms with Crippen LogP contribution >= 0.6 is 0 Å². The van der Waals surface area contributed by atoms with Gasteiger partial charge in [0.2, 0.25) is 0 Å². The van der Waals surface area contributed by atoms with E-state index in [0.717, 1.165) is 11.8 Å². The number of allylic oxidation sites excluding steroid dienone is 2. The molecule has 1 saturated carbocycles. The molecule has 5 heteroatoms. The Balaban J connectivity index is 0.000000130. The van der Waals surface area contributed by atoms with Crippen LogP contribution in [0.2, 0.25) is 0 Å². The lowest BCUT2D eigenvalue weighted by molar-refractivity contribution is 0.501. The fourth-order valence-electron chi connectivity index (χ4n) is 1.72. The quantitative estimate of drug-likeness (QED) is 0.439. The molecule has 0 aromatic heterocycles. The molecule has 0 saturated heterocycles. The summed E-state index contributed by atoms with van der Waals surface area (Å²) < 4.78 is 36.6. The normalized spacial score (nSPS) is 31.5. The second-order valence-electron chi connectivity index (χ2n) is 3.10. The third-order valence-corrected chi connectivity index (χ3v) is 2.17. The van der Waals surface area contributed by atoms with Gasteiger partial charge in [-0.15, -0.1) is 0 Å². The minimum atomic E-state index is -5.67. The highest BCUT2D eigenvalue weighted by atomic mass is 32.3. The SMILES string of the molecule is C1=CC2CCC1C2.O=S(=O)(F)F. The van der Waals surface area contributed by atoms with Gasteiger partial charge in [0.25, 0.3) is 0 Å². The number of hydrogen-bond donors (Lipinski definition) is 0. The summed E-state index contributed by atoms with van der Waals surface area (Å²) in [6, 6.07) is 0. The topological polar surface area (TPSA) is 34.1 Å². The third-order valence-electron chi connectivity index (χ3n) is 2.17. The third kappa shape index (κ3) is 3.80. The molecule has 0 aliphatic heterocycles. The maximum absolute atomic E-state index is 9.99. The molecule has 2 aliphatic rings. The van der Waals surface area contributed by atoms with Crippen molar-refractivity contribution < 1.29 is 16.2 Å². The Morgan fingerprint density at radius 1 is 1.08 bits per heavy atom. The summed E-state index contributed by atoms with van der Waals surface area (Å²) in [5, 5.41) is 0. The molecule has 0 aromatic rings. The van der Waals surface area contributed by atoms with Crippen molar-refractivity contribution >= 4 is 10.6 Å². The summed E-state index contributed by atoms with van der Waals surface area (Å²) in [4.78, 5) is 0. The van der Waals surface area contributed by atoms with Crippen LogP contribution in [0.25, 0.3) is 0 Å². The number of rotatable bonds is 0. The van der Waals surface area contributed by atoms with Crippen LogP contribution in [0.15, 0.2) is 12.2 Å². The van der Waals surface area contributed by atoms with Crippen molar-refractivity contribution in [3.63, 3.8) is 0 Å². The Morgan fingerprint density at radius 3 is 1.50 bits per heavy atom. The first-order chi connectivity index (χ1) is 5.45. The predicted octanol–water partition coefficient (Wildman–Crippen LogP) is 2.14. The standard InChI is InChI=1S/C7H10.F2O2S/c1-2-7-4-3-6(1)5-7;1-5(2,3)4/h1-2,6-7H,3-5H2;. The van der Waals surface area contributed by atoms with Gasteiger partial charge in [0.1, 0.15) is 0 Å². The molecular formula is C7H10F2O2S. The smallest absolute Gasteiger partial charge is 0.160 e. The number of fused-ring (bicyclic) bond motifs is 2. The Labute approximate surface area is 70.8 Å². The van der Waals surface area contributed by atoms with Crippen LogP contribution in [0.4, 0.5) is 7.77 Å². The lowest BCUT2D eigenvalue weighted by atomic mass is 10.1. The summed E-state index contributed by atoms with van der Waals surface area (Å²) in [6.45, 7) is 0. The van der Waals surface area contributed by atoms with Gasteiger partial charge in [0.05, 0.1) is 0 Å². The minimum Gasteiger partial charge on any atom is -0.160 e. The number of hydrogen-bond acceptors (Lipinski definition) is 2. The zero-order valence-corrected chi connectivity index (χ0v) is 7.23. The van der Waals surface area contributed by atoms with Gasteiger partial charge in [-0.2, -0.15) is 8.42 Å². The predicted molar refractivity (Wildman–Crippen MR) is 41.1 cm³/mol. The highest BCUT2D eigenvalue weighted by Gasteiger charge is 2.25. The molecular weight excluding hydrogens is 186 g/mol. The lowest BCUT2D eigenvalue weighted by Crippen LogP contribution is -1.82. The first-order valence-corrected chi connectivity index (χ1v) is 5.06. The summed E-state index contributed by atoms with van der Waals surface area (Å²) in [6.07, 6.45) is 9.19. The fraction of sp³-hybridized carbons (Fsp3) is 0.714. The van der Waals surface area contributed by atoms with Crippen molar-refractivity contribution in [1.29, 1.82) is 0 Å². The van der Waals surface area contributed by atoms with Crippen LogP contribution in [0.5, 0.6) is 0 Å². The van der Waals surface area contributed by atoms with Crippen molar-refractivity contribution in [1.82, 2.24) is 0 Å². The van der Waals surface area contributed by atoms with E-state index < -0.39 is 10.6 Å². The molecule has 2 unspecified atom stereocenters. The van der Waals surface area contributed by atoms with E-state index in [1.54, 1.807) is 0 Å². The van der Waals surface area contributed by atoms with E-state index in [-0.39, 0.29) is 0 Å². The fourth-order valence-corrected chi connectivity index (χ4v) is 1.72. The van der Waals surface area contributed by atoms with Gasteiger partial charge < -0.3 is 0 Å². The largest absolute Gasteiger partial charge is 0.476 e. The van der Waals surface area contributed by atoms with Gasteiger partial charge in [-0.05, 0) is 31.1 Å². The maximum Gasteiger partial charge on any atom is 0.476 e. The minimum absolute atomic E-state index is 0.991. The first-order valence-electron chi connectivity index (χ1n) is 3.77. The average Bonchev–Trinajstić information content (AvgIpc) is 2.42. The average molecular weight is 196 g/mol. The maximum atomic E-state index is 9.99. The van der Waals surface area contributed by atoms with Crippen molar-refractivity contribution in [3.8, 4) is 0 Å². The van der Waals surface area contributed by atoms with Gasteiger partial charge >= 0.3 is 10.6 Å². The van der Waals surface area contributed by atoms with Crippen LogP contribution < -0.4 is 0 Å². The molecule has 2 nitrogen and oxygen atoms in total. The second kappa shape index (κ2) is 3.51. The Kier molecular flexibility index (Phi) is 2.82. The van der Waals surface area contributed by atoms with Gasteiger partial charge in [0, 0.05) is 0 Å². The molecule has 0 aromatic carbocycles. The molecule has 12 heavy (non-hydrogen) atoms. The summed E-state index contributed by atoms with van der Waals surface area (Å²) in [5.74, 6) is 1.98. The van der Waals surface area contributed by atoms with Gasteiger partial charge in [-0.25, -0.2) is 0 Å². The van der Waals surface area contributed by atoms with E-state index in [2.05, 4.69) is 12.2 Å². The van der Waals surface area contributed by atoms with E-state index in [9.17, 15) is 7.77 Å². The first kappa shape index (κ1) is 9.64. The van der Waals surface area contributed by atoms with Crippen LogP contribution in [-0.2, 0) is 10.6 Å². The van der Waals surface area contributed by atoms with Crippen LogP contribution in [0.1, 0.15) is 19.3 Å². The summed E-state index contributed by atoms with van der Waals surface area (Å²) in [5.41, 5.74) is 0. The molecule has 2 bridgehead atoms. The van der Waals surface area contributed by atoms with E-state index in [0.29, 0.717) is 0 Å². The second-order valence-corrected chi connectivity index (χ2v) is 3.85. The van der Waals surface area contributed by atoms with Gasteiger partial charge in [-0.1, -0.05) is 19.9 Å². The highest BCUT2D eigenvalue weighted by Crippen LogP contribution is 2.38. The monoisotopic (exact) mass is 196 g/mol. The zero-order chi connectivity index (χ0) is 9.19. The molecule has 2 aliphatic carbocycles. The molecule has 1 fully saturated rings. The van der Waals surface area contributed by atoms with Crippen molar-refractivity contribution in [3.05, 3.63) is 12.2 Å². The summed E-state index contributed by atoms with van der Waals surface area (Å²) in [7, 11) is -5.67. The van der Waals surface area contributed by atoms with Crippen molar-refractivity contribution in [2.24, 2.45) is 11.8 Å². The Bertz CT molecular complexity index is 251.